The third kappa shape index (κ3) is 2.34. The fourth-order valence-corrected chi connectivity index (χ4v) is 1.07. The Labute approximate surface area is 77.7 Å². The number of carbonyl (C=O) groups excluding carboxylic acids is 1. The fraction of sp³-hybridized carbons (Fsp3) is 0.500. The summed E-state index contributed by atoms with van der Waals surface area (Å²) in [5.74, 6) is 0.381. The highest BCUT2D eigenvalue weighted by molar-refractivity contribution is 5.90. The molecular formula is C10H14O3. The topological polar surface area (TPSA) is 39.4 Å². The first kappa shape index (κ1) is 9.84. The average Bonchev–Trinajstić information content (AvgIpc) is 2.49. The van der Waals surface area contributed by atoms with Crippen LogP contribution in [-0.2, 0) is 11.2 Å². The summed E-state index contributed by atoms with van der Waals surface area (Å²) in [6, 6.07) is 1.64. The van der Waals surface area contributed by atoms with E-state index in [1.807, 2.05) is 20.8 Å². The van der Waals surface area contributed by atoms with Gasteiger partial charge in [0.2, 0.25) is 0 Å². The molecule has 0 amide bonds. The lowest BCUT2D eigenvalue weighted by Gasteiger charge is -2.06. The third-order valence-electron chi connectivity index (χ3n) is 1.63. The second-order valence-corrected chi connectivity index (χ2v) is 3.07. The first-order valence-corrected chi connectivity index (χ1v) is 4.42. The molecule has 0 radical (unpaired) electrons. The molecule has 0 spiro atoms. The number of furan rings is 1. The molecule has 1 aromatic rings. The van der Waals surface area contributed by atoms with Gasteiger partial charge in [-0.25, -0.2) is 4.79 Å². The van der Waals surface area contributed by atoms with E-state index in [9.17, 15) is 4.79 Å². The van der Waals surface area contributed by atoms with Crippen molar-refractivity contribution in [3.8, 4) is 0 Å². The fourth-order valence-electron chi connectivity index (χ4n) is 1.07. The van der Waals surface area contributed by atoms with Gasteiger partial charge in [0.25, 0.3) is 0 Å². The van der Waals surface area contributed by atoms with E-state index in [2.05, 4.69) is 0 Å². The van der Waals surface area contributed by atoms with Gasteiger partial charge in [-0.15, -0.1) is 0 Å². The predicted octanol–water partition coefficient (Wildman–Crippen LogP) is 2.41. The molecule has 0 aromatic carbocycles. The number of esters is 1. The van der Waals surface area contributed by atoms with E-state index in [-0.39, 0.29) is 12.1 Å². The highest BCUT2D eigenvalue weighted by atomic mass is 16.5. The van der Waals surface area contributed by atoms with E-state index in [1.54, 1.807) is 6.07 Å². The molecule has 1 heterocycles. The van der Waals surface area contributed by atoms with Crippen LogP contribution in [-0.4, -0.2) is 12.1 Å². The van der Waals surface area contributed by atoms with Gasteiger partial charge in [-0.2, -0.15) is 0 Å². The van der Waals surface area contributed by atoms with E-state index in [1.165, 1.54) is 6.26 Å². The van der Waals surface area contributed by atoms with Gasteiger partial charge in [0, 0.05) is 6.42 Å². The van der Waals surface area contributed by atoms with Crippen molar-refractivity contribution < 1.29 is 13.9 Å². The molecule has 1 rings (SSSR count). The second-order valence-electron chi connectivity index (χ2n) is 3.07. The van der Waals surface area contributed by atoms with Crippen molar-refractivity contribution in [2.24, 2.45) is 0 Å². The number of aryl methyl sites for hydroxylation is 1. The van der Waals surface area contributed by atoms with Crippen LogP contribution in [0, 0.1) is 0 Å². The average molecular weight is 182 g/mol. The van der Waals surface area contributed by atoms with Gasteiger partial charge in [0.05, 0.1) is 12.4 Å². The molecule has 72 valence electrons. The Morgan fingerprint density at radius 2 is 2.31 bits per heavy atom. The maximum Gasteiger partial charge on any atom is 0.341 e. The Hall–Kier alpha value is -1.25. The minimum Gasteiger partial charge on any atom is -0.468 e. The van der Waals surface area contributed by atoms with Gasteiger partial charge < -0.3 is 9.15 Å². The number of hydrogen-bond acceptors (Lipinski definition) is 3. The molecule has 0 saturated heterocycles. The highest BCUT2D eigenvalue weighted by Crippen LogP contribution is 2.13. The Balaban J connectivity index is 2.76. The van der Waals surface area contributed by atoms with Crippen LogP contribution < -0.4 is 0 Å². The maximum atomic E-state index is 11.4. The molecule has 3 heteroatoms. The van der Waals surface area contributed by atoms with Gasteiger partial charge in [0.15, 0.2) is 0 Å². The molecule has 0 fully saturated rings. The second kappa shape index (κ2) is 4.12. The first-order chi connectivity index (χ1) is 6.15. The van der Waals surface area contributed by atoms with E-state index in [0.29, 0.717) is 17.7 Å². The third-order valence-corrected chi connectivity index (χ3v) is 1.63. The van der Waals surface area contributed by atoms with E-state index < -0.39 is 0 Å². The first-order valence-electron chi connectivity index (χ1n) is 4.42. The van der Waals surface area contributed by atoms with Crippen LogP contribution >= 0.6 is 0 Å². The van der Waals surface area contributed by atoms with Crippen molar-refractivity contribution in [2.75, 3.05) is 0 Å². The predicted molar refractivity (Wildman–Crippen MR) is 48.6 cm³/mol. The molecule has 13 heavy (non-hydrogen) atoms. The van der Waals surface area contributed by atoms with E-state index in [4.69, 9.17) is 9.15 Å². The zero-order chi connectivity index (χ0) is 9.84. The Bertz CT molecular complexity index is 286. The SMILES string of the molecule is CCc1occc1C(=O)OC(C)C. The molecule has 0 unspecified atom stereocenters. The highest BCUT2D eigenvalue weighted by Gasteiger charge is 2.15. The van der Waals surface area contributed by atoms with Crippen molar-refractivity contribution in [2.45, 2.75) is 33.3 Å². The van der Waals surface area contributed by atoms with Crippen LogP contribution in [0.1, 0.15) is 36.9 Å². The lowest BCUT2D eigenvalue weighted by molar-refractivity contribution is 0.0375. The lowest BCUT2D eigenvalue weighted by Crippen LogP contribution is -2.12. The molecule has 0 aliphatic heterocycles. The minimum atomic E-state index is -0.305. The van der Waals surface area contributed by atoms with Crippen molar-refractivity contribution in [1.82, 2.24) is 0 Å². The molecule has 3 nitrogen and oxygen atoms in total. The summed E-state index contributed by atoms with van der Waals surface area (Å²) in [7, 11) is 0. The summed E-state index contributed by atoms with van der Waals surface area (Å²) in [5, 5.41) is 0. The van der Waals surface area contributed by atoms with E-state index >= 15 is 0 Å². The summed E-state index contributed by atoms with van der Waals surface area (Å²) in [6.45, 7) is 5.58. The summed E-state index contributed by atoms with van der Waals surface area (Å²) in [5.41, 5.74) is 0.538. The number of hydrogen-bond donors (Lipinski definition) is 0. The van der Waals surface area contributed by atoms with Crippen molar-refractivity contribution >= 4 is 5.97 Å². The maximum absolute atomic E-state index is 11.4. The monoisotopic (exact) mass is 182 g/mol. The molecule has 0 bridgehead atoms. The van der Waals surface area contributed by atoms with Crippen LogP contribution in [0.2, 0.25) is 0 Å². The van der Waals surface area contributed by atoms with Gasteiger partial charge in [0.1, 0.15) is 11.3 Å². The minimum absolute atomic E-state index is 0.0906. The number of rotatable bonds is 3. The van der Waals surface area contributed by atoms with Crippen LogP contribution in [0.3, 0.4) is 0 Å². The molecule has 1 aromatic heterocycles. The van der Waals surface area contributed by atoms with Crippen LogP contribution in [0.4, 0.5) is 0 Å². The summed E-state index contributed by atoms with van der Waals surface area (Å²) in [6.07, 6.45) is 2.12. The van der Waals surface area contributed by atoms with Gasteiger partial charge in [-0.3, -0.25) is 0 Å². The van der Waals surface area contributed by atoms with Gasteiger partial charge in [-0.05, 0) is 19.9 Å². The molecular weight excluding hydrogens is 168 g/mol. The van der Waals surface area contributed by atoms with Crippen LogP contribution in [0.15, 0.2) is 16.7 Å². The van der Waals surface area contributed by atoms with Gasteiger partial charge in [-0.1, -0.05) is 6.92 Å². The number of carbonyl (C=O) groups is 1. The van der Waals surface area contributed by atoms with Crippen molar-refractivity contribution in [3.63, 3.8) is 0 Å². The molecule has 0 aliphatic rings. The molecule has 0 saturated carbocycles. The quantitative estimate of drug-likeness (QED) is 0.674. The zero-order valence-corrected chi connectivity index (χ0v) is 8.16. The van der Waals surface area contributed by atoms with Crippen molar-refractivity contribution in [3.05, 3.63) is 23.7 Å². The largest absolute Gasteiger partial charge is 0.468 e. The Kier molecular flexibility index (Phi) is 3.12. The summed E-state index contributed by atoms with van der Waals surface area (Å²) < 4.78 is 10.2. The summed E-state index contributed by atoms with van der Waals surface area (Å²) in [4.78, 5) is 11.4. The summed E-state index contributed by atoms with van der Waals surface area (Å²) >= 11 is 0. The Morgan fingerprint density at radius 1 is 1.62 bits per heavy atom. The van der Waals surface area contributed by atoms with Gasteiger partial charge >= 0.3 is 5.97 Å². The zero-order valence-electron chi connectivity index (χ0n) is 8.16. The lowest BCUT2D eigenvalue weighted by atomic mass is 10.2. The number of ether oxygens (including phenoxy) is 1. The van der Waals surface area contributed by atoms with Crippen LogP contribution in [0.25, 0.3) is 0 Å². The van der Waals surface area contributed by atoms with Crippen LogP contribution in [0.5, 0.6) is 0 Å². The molecule has 0 N–H and O–H groups in total. The van der Waals surface area contributed by atoms with E-state index in [0.717, 1.165) is 0 Å². The van der Waals surface area contributed by atoms with Crippen molar-refractivity contribution in [1.29, 1.82) is 0 Å². The smallest absolute Gasteiger partial charge is 0.341 e. The molecule has 0 aliphatic carbocycles. The standard InChI is InChI=1S/C10H14O3/c1-4-9-8(5-6-12-9)10(11)13-7(2)3/h5-7H,4H2,1-3H3. The Morgan fingerprint density at radius 3 is 2.85 bits per heavy atom. The normalized spacial score (nSPS) is 10.5. The molecule has 0 atom stereocenters.